The van der Waals surface area contributed by atoms with Crippen LogP contribution >= 0.6 is 0 Å². The molecule has 0 saturated heterocycles. The fourth-order valence-electron chi connectivity index (χ4n) is 1.65. The van der Waals surface area contributed by atoms with Crippen molar-refractivity contribution in [2.75, 3.05) is 40.5 Å². The summed E-state index contributed by atoms with van der Waals surface area (Å²) in [6.45, 7) is 7.36. The molecular formula is C12H27NO2Si. The van der Waals surface area contributed by atoms with Crippen LogP contribution in [0.25, 0.3) is 0 Å². The first-order chi connectivity index (χ1) is 7.63. The highest BCUT2D eigenvalue weighted by Crippen LogP contribution is 2.12. The molecule has 0 unspecified atom stereocenters. The summed E-state index contributed by atoms with van der Waals surface area (Å²) < 4.78 is 10.8. The summed E-state index contributed by atoms with van der Waals surface area (Å²) >= 11 is 0. The van der Waals surface area contributed by atoms with Gasteiger partial charge in [0.15, 0.2) is 0 Å². The quantitative estimate of drug-likeness (QED) is 0.446. The van der Waals surface area contributed by atoms with Crippen LogP contribution in [0.5, 0.6) is 0 Å². The topological polar surface area (TPSA) is 21.7 Å². The summed E-state index contributed by atoms with van der Waals surface area (Å²) in [5, 5.41) is 1.54. The van der Waals surface area contributed by atoms with E-state index in [9.17, 15) is 0 Å². The Morgan fingerprint density at radius 2 is 1.50 bits per heavy atom. The number of rotatable bonds is 9. The van der Waals surface area contributed by atoms with Crippen molar-refractivity contribution in [1.82, 2.24) is 4.90 Å². The summed E-state index contributed by atoms with van der Waals surface area (Å²) in [5.74, 6) is 0. The lowest BCUT2D eigenvalue weighted by atomic mass is 10.2. The van der Waals surface area contributed by atoms with E-state index in [1.807, 2.05) is 13.8 Å². The fraction of sp³-hybridized carbons (Fsp3) is 0.833. The second-order valence-electron chi connectivity index (χ2n) is 4.02. The summed E-state index contributed by atoms with van der Waals surface area (Å²) in [6.07, 6.45) is 2.09. The second-order valence-corrected chi connectivity index (χ2v) is 5.22. The van der Waals surface area contributed by atoms with Gasteiger partial charge in [0.05, 0.1) is 6.61 Å². The molecule has 0 aliphatic carbocycles. The maximum absolute atomic E-state index is 5.41. The number of ether oxygens (including phenoxy) is 2. The summed E-state index contributed by atoms with van der Waals surface area (Å²) in [5.41, 5.74) is 1.43. The molecule has 0 radical (unpaired) electrons. The van der Waals surface area contributed by atoms with Crippen molar-refractivity contribution in [1.29, 1.82) is 0 Å². The van der Waals surface area contributed by atoms with E-state index in [1.165, 1.54) is 10.9 Å². The standard InChI is InChI=1S/C12H27NO2Si/c1-5-14-9-7-11(13(3)4)12(16)8-10-15-6-2/h5-10H2,1-4,16H3. The van der Waals surface area contributed by atoms with Crippen LogP contribution in [0.2, 0.25) is 0 Å². The lowest BCUT2D eigenvalue weighted by molar-refractivity contribution is 0.144. The second kappa shape index (κ2) is 9.87. The molecule has 0 aromatic heterocycles. The van der Waals surface area contributed by atoms with E-state index in [2.05, 4.69) is 19.0 Å². The molecule has 4 heteroatoms. The van der Waals surface area contributed by atoms with Crippen molar-refractivity contribution in [2.24, 2.45) is 0 Å². The molecule has 96 valence electrons. The highest BCUT2D eigenvalue weighted by Gasteiger charge is 2.05. The highest BCUT2D eigenvalue weighted by molar-refractivity contribution is 6.21. The van der Waals surface area contributed by atoms with E-state index in [0.29, 0.717) is 0 Å². The van der Waals surface area contributed by atoms with Crippen LogP contribution in [0, 0.1) is 0 Å². The van der Waals surface area contributed by atoms with E-state index in [1.54, 1.807) is 0 Å². The van der Waals surface area contributed by atoms with Gasteiger partial charge in [-0.05, 0) is 20.3 Å². The Labute approximate surface area is 103 Å². The molecule has 0 atom stereocenters. The maximum atomic E-state index is 5.41. The van der Waals surface area contributed by atoms with Crippen LogP contribution in [0.3, 0.4) is 0 Å². The Morgan fingerprint density at radius 3 is 1.94 bits per heavy atom. The zero-order valence-corrected chi connectivity index (χ0v) is 13.5. The van der Waals surface area contributed by atoms with E-state index >= 15 is 0 Å². The van der Waals surface area contributed by atoms with Gasteiger partial charge in [0.25, 0.3) is 0 Å². The third kappa shape index (κ3) is 7.03. The van der Waals surface area contributed by atoms with Gasteiger partial charge < -0.3 is 14.4 Å². The number of nitrogens with zero attached hydrogens (tertiary/aromatic N) is 1. The van der Waals surface area contributed by atoms with Gasteiger partial charge in [-0.1, -0.05) is 5.20 Å². The van der Waals surface area contributed by atoms with Gasteiger partial charge in [-0.2, -0.15) is 0 Å². The minimum atomic E-state index is 0.802. The molecule has 3 nitrogen and oxygen atoms in total. The molecule has 0 bridgehead atoms. The molecule has 0 aromatic rings. The van der Waals surface area contributed by atoms with Crippen LogP contribution in [-0.2, 0) is 9.47 Å². The van der Waals surface area contributed by atoms with Gasteiger partial charge in [0, 0.05) is 56.3 Å². The van der Waals surface area contributed by atoms with Crippen molar-refractivity contribution < 1.29 is 9.47 Å². The van der Waals surface area contributed by atoms with Crippen molar-refractivity contribution in [3.8, 4) is 0 Å². The summed E-state index contributed by atoms with van der Waals surface area (Å²) in [6, 6.07) is 0. The first kappa shape index (κ1) is 15.7. The van der Waals surface area contributed by atoms with Crippen LogP contribution in [0.1, 0.15) is 26.7 Å². The third-order valence-electron chi connectivity index (χ3n) is 2.55. The molecular weight excluding hydrogens is 218 g/mol. The minimum absolute atomic E-state index is 0.802. The van der Waals surface area contributed by atoms with Gasteiger partial charge in [-0.25, -0.2) is 0 Å². The molecule has 0 saturated carbocycles. The Kier molecular flexibility index (Phi) is 9.67. The van der Waals surface area contributed by atoms with Crippen molar-refractivity contribution >= 4 is 10.2 Å². The van der Waals surface area contributed by atoms with Gasteiger partial charge in [-0.15, -0.1) is 0 Å². The SMILES string of the molecule is CCOCCC([SiH3])=C(CCOCC)N(C)C. The molecule has 0 rings (SSSR count). The van der Waals surface area contributed by atoms with E-state index in [0.717, 1.165) is 49.5 Å². The van der Waals surface area contributed by atoms with Crippen molar-refractivity contribution in [2.45, 2.75) is 26.7 Å². The Hall–Kier alpha value is -0.323. The van der Waals surface area contributed by atoms with Crippen molar-refractivity contribution in [3.63, 3.8) is 0 Å². The predicted molar refractivity (Wildman–Crippen MR) is 72.9 cm³/mol. The molecule has 0 heterocycles. The average molecular weight is 245 g/mol. The minimum Gasteiger partial charge on any atom is -0.381 e. The number of hydrogen-bond donors (Lipinski definition) is 0. The number of hydrogen-bond acceptors (Lipinski definition) is 3. The molecule has 0 spiro atoms. The van der Waals surface area contributed by atoms with Gasteiger partial charge >= 0.3 is 0 Å². The van der Waals surface area contributed by atoms with Crippen LogP contribution < -0.4 is 0 Å². The van der Waals surface area contributed by atoms with Gasteiger partial charge in [0.2, 0.25) is 0 Å². The Morgan fingerprint density at radius 1 is 1.00 bits per heavy atom. The zero-order valence-electron chi connectivity index (χ0n) is 11.5. The van der Waals surface area contributed by atoms with E-state index < -0.39 is 0 Å². The van der Waals surface area contributed by atoms with Crippen LogP contribution in [0.4, 0.5) is 0 Å². The molecule has 0 N–H and O–H groups in total. The maximum Gasteiger partial charge on any atom is 0.0520 e. The third-order valence-corrected chi connectivity index (χ3v) is 3.62. The molecule has 0 aromatic carbocycles. The first-order valence-corrected chi connectivity index (χ1v) is 7.14. The smallest absolute Gasteiger partial charge is 0.0520 e. The Balaban J connectivity index is 4.17. The van der Waals surface area contributed by atoms with Crippen LogP contribution in [0.15, 0.2) is 10.9 Å². The molecule has 0 amide bonds. The lowest BCUT2D eigenvalue weighted by Gasteiger charge is -2.21. The lowest BCUT2D eigenvalue weighted by Crippen LogP contribution is -2.16. The average Bonchev–Trinajstić information content (AvgIpc) is 2.24. The van der Waals surface area contributed by atoms with Gasteiger partial charge in [-0.3, -0.25) is 0 Å². The molecule has 0 aliphatic rings. The fourth-order valence-corrected chi connectivity index (χ4v) is 2.55. The monoisotopic (exact) mass is 245 g/mol. The van der Waals surface area contributed by atoms with Crippen LogP contribution in [-0.4, -0.2) is 55.7 Å². The zero-order chi connectivity index (χ0) is 12.4. The highest BCUT2D eigenvalue weighted by atomic mass is 28.1. The summed E-state index contributed by atoms with van der Waals surface area (Å²) in [7, 11) is 5.33. The largest absolute Gasteiger partial charge is 0.381 e. The molecule has 0 fully saturated rings. The summed E-state index contributed by atoms with van der Waals surface area (Å²) in [4.78, 5) is 2.22. The van der Waals surface area contributed by atoms with E-state index in [-0.39, 0.29) is 0 Å². The van der Waals surface area contributed by atoms with Crippen molar-refractivity contribution in [3.05, 3.63) is 10.9 Å². The Bertz CT molecular complexity index is 205. The first-order valence-electron chi connectivity index (χ1n) is 6.14. The predicted octanol–water partition coefficient (Wildman–Crippen LogP) is 0.978. The normalized spacial score (nSPS) is 12.8. The molecule has 16 heavy (non-hydrogen) atoms. The van der Waals surface area contributed by atoms with Gasteiger partial charge in [0.1, 0.15) is 0 Å². The molecule has 0 aliphatic heterocycles. The van der Waals surface area contributed by atoms with E-state index in [4.69, 9.17) is 9.47 Å².